The SMILES string of the molecule is CN=C(NCC(c1cccc(OC)c1)N1CCCC1)N1CCN(C(=O)c2ccco2)CC1. The number of furan rings is 1. The first-order valence-corrected chi connectivity index (χ1v) is 11.4. The van der Waals surface area contributed by atoms with Gasteiger partial charge < -0.3 is 24.3 Å². The zero-order chi connectivity index (χ0) is 22.3. The fraction of sp³-hybridized carbons (Fsp3) is 0.500. The Labute approximate surface area is 189 Å². The first-order chi connectivity index (χ1) is 15.7. The summed E-state index contributed by atoms with van der Waals surface area (Å²) < 4.78 is 10.7. The minimum atomic E-state index is -0.0512. The van der Waals surface area contributed by atoms with Crippen LogP contribution in [0, 0.1) is 0 Å². The molecule has 2 aromatic rings. The van der Waals surface area contributed by atoms with Crippen molar-refractivity contribution in [1.29, 1.82) is 0 Å². The molecule has 1 N–H and O–H groups in total. The molecule has 1 atom stereocenters. The summed E-state index contributed by atoms with van der Waals surface area (Å²) in [5, 5.41) is 3.60. The topological polar surface area (TPSA) is 73.6 Å². The van der Waals surface area contributed by atoms with Gasteiger partial charge in [-0.1, -0.05) is 12.1 Å². The molecule has 8 heteroatoms. The van der Waals surface area contributed by atoms with Crippen LogP contribution in [0.3, 0.4) is 0 Å². The molecule has 4 rings (SSSR count). The van der Waals surface area contributed by atoms with Crippen LogP contribution in [0.15, 0.2) is 52.1 Å². The average molecular weight is 440 g/mol. The molecular weight excluding hydrogens is 406 g/mol. The van der Waals surface area contributed by atoms with Crippen LogP contribution in [-0.4, -0.2) is 86.5 Å². The number of hydrogen-bond donors (Lipinski definition) is 1. The molecule has 8 nitrogen and oxygen atoms in total. The number of likely N-dealkylation sites (tertiary alicyclic amines) is 1. The Balaban J connectivity index is 1.37. The second-order valence-corrected chi connectivity index (χ2v) is 8.22. The molecule has 0 aliphatic carbocycles. The Morgan fingerprint density at radius 3 is 2.50 bits per heavy atom. The van der Waals surface area contributed by atoms with Crippen LogP contribution in [0.4, 0.5) is 0 Å². The van der Waals surface area contributed by atoms with Crippen molar-refractivity contribution < 1.29 is 13.9 Å². The Hall–Kier alpha value is -3.00. The second kappa shape index (κ2) is 10.5. The van der Waals surface area contributed by atoms with E-state index in [2.05, 4.69) is 38.3 Å². The lowest BCUT2D eigenvalue weighted by Gasteiger charge is -2.37. The molecule has 3 heterocycles. The Kier molecular flexibility index (Phi) is 7.32. The van der Waals surface area contributed by atoms with Gasteiger partial charge >= 0.3 is 0 Å². The van der Waals surface area contributed by atoms with Crippen LogP contribution in [0.25, 0.3) is 0 Å². The van der Waals surface area contributed by atoms with Crippen molar-refractivity contribution in [2.75, 3.05) is 60.0 Å². The van der Waals surface area contributed by atoms with Gasteiger partial charge in [-0.25, -0.2) is 0 Å². The number of benzene rings is 1. The van der Waals surface area contributed by atoms with E-state index in [1.165, 1.54) is 24.7 Å². The minimum Gasteiger partial charge on any atom is -0.497 e. The number of carbonyl (C=O) groups is 1. The van der Waals surface area contributed by atoms with Gasteiger partial charge in [0.15, 0.2) is 11.7 Å². The maximum absolute atomic E-state index is 12.5. The highest BCUT2D eigenvalue weighted by molar-refractivity contribution is 5.91. The first kappa shape index (κ1) is 22.2. The standard InChI is InChI=1S/C24H33N5O3/c1-25-24(29-14-12-28(13-15-29)23(30)22-9-6-16-32-22)26-18-21(27-10-3-4-11-27)19-7-5-8-20(17-19)31-2/h5-9,16-17,21H,3-4,10-15,18H2,1-2H3,(H,25,26). The minimum absolute atomic E-state index is 0.0512. The number of aliphatic imine (C=N–C) groups is 1. The molecule has 0 spiro atoms. The van der Waals surface area contributed by atoms with Crippen molar-refractivity contribution in [3.05, 3.63) is 54.0 Å². The summed E-state index contributed by atoms with van der Waals surface area (Å²) in [6.07, 6.45) is 4.01. The maximum Gasteiger partial charge on any atom is 0.289 e. The number of methoxy groups -OCH3 is 1. The maximum atomic E-state index is 12.5. The number of nitrogens with one attached hydrogen (secondary N) is 1. The van der Waals surface area contributed by atoms with Gasteiger partial charge in [0, 0.05) is 39.8 Å². The van der Waals surface area contributed by atoms with E-state index in [0.29, 0.717) is 18.8 Å². The lowest BCUT2D eigenvalue weighted by atomic mass is 10.1. The molecule has 172 valence electrons. The summed E-state index contributed by atoms with van der Waals surface area (Å²) >= 11 is 0. The fourth-order valence-corrected chi connectivity index (χ4v) is 4.56. The summed E-state index contributed by atoms with van der Waals surface area (Å²) in [6, 6.07) is 12.1. The second-order valence-electron chi connectivity index (χ2n) is 8.22. The largest absolute Gasteiger partial charge is 0.497 e. The van der Waals surface area contributed by atoms with Gasteiger partial charge in [-0.2, -0.15) is 0 Å². The zero-order valence-electron chi connectivity index (χ0n) is 19.0. The third kappa shape index (κ3) is 5.07. The molecule has 2 fully saturated rings. The van der Waals surface area contributed by atoms with E-state index in [-0.39, 0.29) is 11.9 Å². The molecule has 1 aromatic carbocycles. The van der Waals surface area contributed by atoms with E-state index in [9.17, 15) is 4.79 Å². The summed E-state index contributed by atoms with van der Waals surface area (Å²) in [4.78, 5) is 23.7. The molecule has 1 unspecified atom stereocenters. The summed E-state index contributed by atoms with van der Waals surface area (Å²) in [5.41, 5.74) is 1.25. The third-order valence-corrected chi connectivity index (χ3v) is 6.32. The highest BCUT2D eigenvalue weighted by Gasteiger charge is 2.27. The Morgan fingerprint density at radius 2 is 1.84 bits per heavy atom. The Bertz CT molecular complexity index is 900. The smallest absolute Gasteiger partial charge is 0.289 e. The number of carbonyl (C=O) groups excluding carboxylic acids is 1. The van der Waals surface area contributed by atoms with Crippen molar-refractivity contribution in [1.82, 2.24) is 20.0 Å². The molecular formula is C24H33N5O3. The molecule has 1 amide bonds. The summed E-state index contributed by atoms with van der Waals surface area (Å²) in [5.74, 6) is 2.10. The molecule has 2 aliphatic rings. The summed E-state index contributed by atoms with van der Waals surface area (Å²) in [6.45, 7) is 5.74. The van der Waals surface area contributed by atoms with Crippen molar-refractivity contribution in [3.8, 4) is 5.75 Å². The summed E-state index contributed by atoms with van der Waals surface area (Å²) in [7, 11) is 3.53. The van der Waals surface area contributed by atoms with Crippen LogP contribution in [0.2, 0.25) is 0 Å². The molecule has 1 aromatic heterocycles. The highest BCUT2D eigenvalue weighted by Crippen LogP contribution is 2.27. The van der Waals surface area contributed by atoms with E-state index in [1.807, 2.05) is 18.0 Å². The number of amides is 1. The molecule has 2 saturated heterocycles. The number of rotatable bonds is 6. The third-order valence-electron chi connectivity index (χ3n) is 6.32. The van der Waals surface area contributed by atoms with E-state index in [0.717, 1.165) is 44.4 Å². The van der Waals surface area contributed by atoms with Gasteiger partial charge in [0.25, 0.3) is 5.91 Å². The predicted octanol–water partition coefficient (Wildman–Crippen LogP) is 2.46. The average Bonchev–Trinajstić information content (AvgIpc) is 3.57. The Morgan fingerprint density at radius 1 is 1.09 bits per heavy atom. The number of ether oxygens (including phenoxy) is 1. The van der Waals surface area contributed by atoms with Crippen LogP contribution < -0.4 is 10.1 Å². The molecule has 32 heavy (non-hydrogen) atoms. The van der Waals surface area contributed by atoms with Crippen molar-refractivity contribution in [2.45, 2.75) is 18.9 Å². The van der Waals surface area contributed by atoms with E-state index in [1.54, 1.807) is 19.2 Å². The normalized spacial score (nSPS) is 18.6. The fourth-order valence-electron chi connectivity index (χ4n) is 4.56. The van der Waals surface area contributed by atoms with E-state index < -0.39 is 0 Å². The molecule has 0 saturated carbocycles. The van der Waals surface area contributed by atoms with Crippen molar-refractivity contribution in [2.24, 2.45) is 4.99 Å². The quantitative estimate of drug-likeness (QED) is 0.551. The lowest BCUT2D eigenvalue weighted by Crippen LogP contribution is -2.54. The van der Waals surface area contributed by atoms with Gasteiger partial charge in [-0.15, -0.1) is 0 Å². The van der Waals surface area contributed by atoms with Crippen LogP contribution >= 0.6 is 0 Å². The number of hydrogen-bond acceptors (Lipinski definition) is 5. The zero-order valence-corrected chi connectivity index (χ0v) is 19.0. The van der Waals surface area contributed by atoms with Crippen LogP contribution in [0.5, 0.6) is 5.75 Å². The molecule has 0 bridgehead atoms. The van der Waals surface area contributed by atoms with Crippen molar-refractivity contribution >= 4 is 11.9 Å². The van der Waals surface area contributed by atoms with Crippen molar-refractivity contribution in [3.63, 3.8) is 0 Å². The van der Waals surface area contributed by atoms with Gasteiger partial charge in [-0.05, 0) is 55.8 Å². The highest BCUT2D eigenvalue weighted by atomic mass is 16.5. The van der Waals surface area contributed by atoms with Crippen LogP contribution in [-0.2, 0) is 0 Å². The van der Waals surface area contributed by atoms with E-state index >= 15 is 0 Å². The van der Waals surface area contributed by atoms with Crippen LogP contribution in [0.1, 0.15) is 35.0 Å². The van der Waals surface area contributed by atoms with Gasteiger partial charge in [0.2, 0.25) is 0 Å². The van der Waals surface area contributed by atoms with Gasteiger partial charge in [0.05, 0.1) is 19.4 Å². The number of nitrogens with zero attached hydrogens (tertiary/aromatic N) is 4. The molecule has 0 radical (unpaired) electrons. The monoisotopic (exact) mass is 439 g/mol. The molecule has 2 aliphatic heterocycles. The first-order valence-electron chi connectivity index (χ1n) is 11.4. The number of piperazine rings is 1. The predicted molar refractivity (Wildman–Crippen MR) is 124 cm³/mol. The van der Waals surface area contributed by atoms with E-state index in [4.69, 9.17) is 9.15 Å². The van der Waals surface area contributed by atoms with Gasteiger partial charge in [0.1, 0.15) is 5.75 Å². The van der Waals surface area contributed by atoms with Gasteiger partial charge in [-0.3, -0.25) is 14.7 Å². The lowest BCUT2D eigenvalue weighted by molar-refractivity contribution is 0.0657. The number of guanidine groups is 1.